The van der Waals surface area contributed by atoms with E-state index in [1.165, 1.54) is 5.56 Å². The maximum atomic E-state index is 12.4. The van der Waals surface area contributed by atoms with Crippen LogP contribution < -0.4 is 5.32 Å². The highest BCUT2D eigenvalue weighted by molar-refractivity contribution is 9.10. The number of carbonyl (C=O) groups is 1. The van der Waals surface area contributed by atoms with Crippen LogP contribution >= 0.6 is 31.9 Å². The van der Waals surface area contributed by atoms with Crippen LogP contribution in [0.3, 0.4) is 0 Å². The molecule has 0 saturated heterocycles. The second-order valence-electron chi connectivity index (χ2n) is 6.57. The van der Waals surface area contributed by atoms with Gasteiger partial charge in [0.1, 0.15) is 5.65 Å². The van der Waals surface area contributed by atoms with Crippen LogP contribution in [0.5, 0.6) is 0 Å². The molecule has 4 rings (SSSR count). The molecule has 1 aromatic carbocycles. The lowest BCUT2D eigenvalue weighted by atomic mass is 9.96. The molecule has 0 aliphatic heterocycles. The summed E-state index contributed by atoms with van der Waals surface area (Å²) in [5.74, 6) is 0.0306. The van der Waals surface area contributed by atoms with E-state index in [0.29, 0.717) is 13.0 Å². The third-order valence-electron chi connectivity index (χ3n) is 4.80. The number of nitrogens with one attached hydrogen (secondary N) is 1. The number of aromatic nitrogens is 2. The minimum atomic E-state index is 0.0306. The number of imidazole rings is 1. The van der Waals surface area contributed by atoms with Crippen LogP contribution in [0.2, 0.25) is 0 Å². The molecule has 4 nitrogen and oxygen atoms in total. The van der Waals surface area contributed by atoms with Crippen molar-refractivity contribution in [2.75, 3.05) is 6.54 Å². The van der Waals surface area contributed by atoms with Crippen LogP contribution in [0, 0.1) is 0 Å². The van der Waals surface area contributed by atoms with Crippen molar-refractivity contribution in [1.29, 1.82) is 0 Å². The van der Waals surface area contributed by atoms with Gasteiger partial charge >= 0.3 is 0 Å². The van der Waals surface area contributed by atoms with Gasteiger partial charge in [-0.05, 0) is 58.6 Å². The van der Waals surface area contributed by atoms with Crippen molar-refractivity contribution in [2.24, 2.45) is 0 Å². The number of pyridine rings is 1. The molecule has 1 aliphatic carbocycles. The standard InChI is InChI=1S/C19H17Br2N3O/c20-14-3-1-2-13(8-14)19(6-7-19)12-23-18(25)9-16-10-22-17-5-4-15(21)11-24(16)17/h1-5,8,10-11H,6-7,9,12H2,(H,23,25). The van der Waals surface area contributed by atoms with Crippen molar-refractivity contribution in [3.63, 3.8) is 0 Å². The fraction of sp³-hybridized carbons (Fsp3) is 0.263. The molecule has 6 heteroatoms. The molecule has 128 valence electrons. The van der Waals surface area contributed by atoms with Gasteiger partial charge in [0.2, 0.25) is 5.91 Å². The molecule has 3 aromatic rings. The summed E-state index contributed by atoms with van der Waals surface area (Å²) >= 11 is 6.99. The largest absolute Gasteiger partial charge is 0.355 e. The number of benzene rings is 1. The average molecular weight is 463 g/mol. The summed E-state index contributed by atoms with van der Waals surface area (Å²) in [6.07, 6.45) is 6.27. The van der Waals surface area contributed by atoms with Gasteiger partial charge in [0, 0.05) is 33.3 Å². The highest BCUT2D eigenvalue weighted by Crippen LogP contribution is 2.48. The number of nitrogens with zero attached hydrogens (tertiary/aromatic N) is 2. The number of carbonyl (C=O) groups excluding carboxylic acids is 1. The maximum absolute atomic E-state index is 12.4. The van der Waals surface area contributed by atoms with Gasteiger partial charge in [-0.3, -0.25) is 4.79 Å². The van der Waals surface area contributed by atoms with Crippen molar-refractivity contribution >= 4 is 43.4 Å². The number of amides is 1. The number of rotatable bonds is 5. The average Bonchev–Trinajstić information content (AvgIpc) is 3.30. The van der Waals surface area contributed by atoms with Crippen molar-refractivity contribution in [2.45, 2.75) is 24.7 Å². The van der Waals surface area contributed by atoms with Gasteiger partial charge in [0.05, 0.1) is 12.1 Å². The number of halogens is 2. The lowest BCUT2D eigenvalue weighted by Crippen LogP contribution is -2.33. The first kappa shape index (κ1) is 16.8. The molecule has 0 spiro atoms. The zero-order chi connectivity index (χ0) is 17.4. The van der Waals surface area contributed by atoms with Crippen LogP contribution in [0.25, 0.3) is 5.65 Å². The molecule has 0 unspecified atom stereocenters. The molecule has 0 radical (unpaired) electrons. The minimum Gasteiger partial charge on any atom is -0.355 e. The Morgan fingerprint density at radius 2 is 2.04 bits per heavy atom. The monoisotopic (exact) mass is 461 g/mol. The SMILES string of the molecule is O=C(Cc1cnc2ccc(Br)cn12)NCC1(c2cccc(Br)c2)CC1. The summed E-state index contributed by atoms with van der Waals surface area (Å²) in [6.45, 7) is 0.683. The molecule has 2 heterocycles. The van der Waals surface area contributed by atoms with E-state index in [0.717, 1.165) is 33.1 Å². The Morgan fingerprint density at radius 1 is 1.20 bits per heavy atom. The van der Waals surface area contributed by atoms with E-state index in [9.17, 15) is 4.79 Å². The number of hydrogen-bond donors (Lipinski definition) is 1. The van der Waals surface area contributed by atoms with E-state index in [1.807, 2.05) is 28.8 Å². The summed E-state index contributed by atoms with van der Waals surface area (Å²) < 4.78 is 4.00. The molecule has 1 aliphatic rings. The third-order valence-corrected chi connectivity index (χ3v) is 5.76. The first-order valence-corrected chi connectivity index (χ1v) is 9.79. The molecule has 1 fully saturated rings. The summed E-state index contributed by atoms with van der Waals surface area (Å²) in [7, 11) is 0. The second-order valence-corrected chi connectivity index (χ2v) is 8.40. The Bertz CT molecular complexity index is 947. The van der Waals surface area contributed by atoms with Crippen LogP contribution in [0.1, 0.15) is 24.1 Å². The Labute approximate surface area is 162 Å². The zero-order valence-electron chi connectivity index (χ0n) is 13.5. The van der Waals surface area contributed by atoms with Gasteiger partial charge in [-0.25, -0.2) is 4.98 Å². The first-order valence-electron chi connectivity index (χ1n) is 8.20. The van der Waals surface area contributed by atoms with Crippen molar-refractivity contribution in [3.8, 4) is 0 Å². The van der Waals surface area contributed by atoms with Crippen LogP contribution in [-0.4, -0.2) is 21.8 Å². The third kappa shape index (κ3) is 3.51. The highest BCUT2D eigenvalue weighted by Gasteiger charge is 2.44. The predicted octanol–water partition coefficient (Wildman–Crippen LogP) is 4.25. The van der Waals surface area contributed by atoms with E-state index in [-0.39, 0.29) is 11.3 Å². The van der Waals surface area contributed by atoms with Gasteiger partial charge in [-0.1, -0.05) is 28.1 Å². The summed E-state index contributed by atoms with van der Waals surface area (Å²) in [4.78, 5) is 16.8. The Balaban J connectivity index is 1.43. The molecule has 0 bridgehead atoms. The van der Waals surface area contributed by atoms with E-state index in [2.05, 4.69) is 60.4 Å². The predicted molar refractivity (Wildman–Crippen MR) is 105 cm³/mol. The van der Waals surface area contributed by atoms with E-state index >= 15 is 0 Å². The van der Waals surface area contributed by atoms with Crippen molar-refractivity contribution in [1.82, 2.24) is 14.7 Å². The van der Waals surface area contributed by atoms with E-state index in [4.69, 9.17) is 0 Å². The van der Waals surface area contributed by atoms with E-state index < -0.39 is 0 Å². The Morgan fingerprint density at radius 3 is 2.80 bits per heavy atom. The topological polar surface area (TPSA) is 46.4 Å². The van der Waals surface area contributed by atoms with Gasteiger partial charge in [-0.15, -0.1) is 0 Å². The quantitative estimate of drug-likeness (QED) is 0.616. The summed E-state index contributed by atoms with van der Waals surface area (Å²) in [5, 5.41) is 3.11. The van der Waals surface area contributed by atoms with Crippen molar-refractivity contribution in [3.05, 3.63) is 69.0 Å². The van der Waals surface area contributed by atoms with Crippen LogP contribution in [0.15, 0.2) is 57.7 Å². The molecule has 1 N–H and O–H groups in total. The molecule has 2 aromatic heterocycles. The normalized spacial score (nSPS) is 15.3. The number of fused-ring (bicyclic) bond motifs is 1. The van der Waals surface area contributed by atoms with Gasteiger partial charge in [-0.2, -0.15) is 0 Å². The van der Waals surface area contributed by atoms with E-state index in [1.54, 1.807) is 6.20 Å². The molecule has 0 atom stereocenters. The smallest absolute Gasteiger partial charge is 0.226 e. The van der Waals surface area contributed by atoms with Crippen LogP contribution in [-0.2, 0) is 16.6 Å². The summed E-state index contributed by atoms with van der Waals surface area (Å²) in [5.41, 5.74) is 3.13. The van der Waals surface area contributed by atoms with Gasteiger partial charge in [0.25, 0.3) is 0 Å². The lowest BCUT2D eigenvalue weighted by Gasteiger charge is -2.17. The molecular weight excluding hydrogens is 446 g/mol. The van der Waals surface area contributed by atoms with Gasteiger partial charge in [0.15, 0.2) is 0 Å². The lowest BCUT2D eigenvalue weighted by molar-refractivity contribution is -0.120. The number of hydrogen-bond acceptors (Lipinski definition) is 2. The molecule has 25 heavy (non-hydrogen) atoms. The Kier molecular flexibility index (Phi) is 4.41. The first-order chi connectivity index (χ1) is 12.1. The maximum Gasteiger partial charge on any atom is 0.226 e. The second kappa shape index (κ2) is 6.57. The highest BCUT2D eigenvalue weighted by atomic mass is 79.9. The zero-order valence-corrected chi connectivity index (χ0v) is 16.7. The van der Waals surface area contributed by atoms with Gasteiger partial charge < -0.3 is 9.72 Å². The van der Waals surface area contributed by atoms with Crippen LogP contribution in [0.4, 0.5) is 0 Å². The fourth-order valence-electron chi connectivity index (χ4n) is 3.17. The minimum absolute atomic E-state index is 0.0306. The van der Waals surface area contributed by atoms with Crippen molar-refractivity contribution < 1.29 is 4.79 Å². The molecule has 1 amide bonds. The molecular formula is C19H17Br2N3O. The fourth-order valence-corrected chi connectivity index (χ4v) is 3.90. The summed E-state index contributed by atoms with van der Waals surface area (Å²) in [6, 6.07) is 12.3. The molecule has 1 saturated carbocycles. The Hall–Kier alpha value is -1.66.